The molecule has 35 heavy (non-hydrogen) atoms. The van der Waals surface area contributed by atoms with Gasteiger partial charge < -0.3 is 20.6 Å². The standard InChI is InChI=1S/C29H35N3O3/c1-19(2)17-32(18-20(3)4)27-15-12-22(24-8-6-7-9-25(24)28(33)34)16-26(27)31-29(35)30-23-13-10-21(5)11-14-23/h6-16,19-20H,17-18H2,1-5H3,(H,33,34)(H2,30,31,35)/i17D2,18D2. The van der Waals surface area contributed by atoms with E-state index < -0.39 is 36.8 Å². The van der Waals surface area contributed by atoms with Crippen molar-refractivity contribution in [1.82, 2.24) is 0 Å². The molecule has 3 aromatic rings. The third kappa shape index (κ3) is 7.09. The lowest BCUT2D eigenvalue weighted by atomic mass is 9.98. The molecule has 0 fully saturated rings. The van der Waals surface area contributed by atoms with Crippen LogP contribution in [0.25, 0.3) is 11.1 Å². The van der Waals surface area contributed by atoms with Crippen LogP contribution >= 0.6 is 0 Å². The number of benzene rings is 3. The van der Waals surface area contributed by atoms with E-state index in [1.807, 2.05) is 19.1 Å². The van der Waals surface area contributed by atoms with Crippen LogP contribution in [0.3, 0.4) is 0 Å². The van der Waals surface area contributed by atoms with Crippen molar-refractivity contribution in [3.8, 4) is 11.1 Å². The minimum atomic E-state index is -2.14. The highest BCUT2D eigenvalue weighted by atomic mass is 16.4. The summed E-state index contributed by atoms with van der Waals surface area (Å²) in [4.78, 5) is 26.1. The van der Waals surface area contributed by atoms with E-state index in [2.05, 4.69) is 10.6 Å². The summed E-state index contributed by atoms with van der Waals surface area (Å²) < 4.78 is 35.4. The Bertz CT molecular complexity index is 1320. The number of urea groups is 1. The van der Waals surface area contributed by atoms with Gasteiger partial charge in [0.1, 0.15) is 0 Å². The Labute approximate surface area is 213 Å². The largest absolute Gasteiger partial charge is 0.478 e. The molecule has 2 amide bonds. The van der Waals surface area contributed by atoms with Crippen molar-refractivity contribution in [3.63, 3.8) is 0 Å². The van der Waals surface area contributed by atoms with Crippen LogP contribution in [0.2, 0.25) is 0 Å². The Morgan fingerprint density at radius 3 is 2.14 bits per heavy atom. The smallest absolute Gasteiger partial charge is 0.336 e. The molecule has 0 aliphatic rings. The number of carbonyl (C=O) groups excluding carboxylic acids is 1. The zero-order chi connectivity index (χ0) is 29.1. The number of carbonyl (C=O) groups is 2. The molecule has 6 nitrogen and oxygen atoms in total. The van der Waals surface area contributed by atoms with Gasteiger partial charge in [-0.05, 0) is 60.2 Å². The van der Waals surface area contributed by atoms with Gasteiger partial charge in [-0.1, -0.05) is 69.7 Å². The van der Waals surface area contributed by atoms with Crippen LogP contribution in [0, 0.1) is 18.8 Å². The molecule has 3 aromatic carbocycles. The summed E-state index contributed by atoms with van der Waals surface area (Å²) in [6.45, 7) is 4.30. The molecule has 0 heterocycles. The number of aromatic carboxylic acids is 1. The van der Waals surface area contributed by atoms with Gasteiger partial charge in [0.05, 0.1) is 16.9 Å². The first-order chi connectivity index (χ1) is 18.2. The van der Waals surface area contributed by atoms with Crippen molar-refractivity contribution >= 4 is 29.1 Å². The van der Waals surface area contributed by atoms with Crippen LogP contribution in [-0.2, 0) is 0 Å². The summed E-state index contributed by atoms with van der Waals surface area (Å²) in [6.07, 6.45) is 0. The zero-order valence-electron chi connectivity index (χ0n) is 24.7. The average molecular weight is 478 g/mol. The van der Waals surface area contributed by atoms with E-state index >= 15 is 0 Å². The number of carboxylic acids is 1. The molecule has 0 saturated carbocycles. The molecule has 3 N–H and O–H groups in total. The van der Waals surface area contributed by atoms with Crippen molar-refractivity contribution in [2.75, 3.05) is 28.5 Å². The summed E-state index contributed by atoms with van der Waals surface area (Å²) in [5, 5.41) is 15.2. The van der Waals surface area contributed by atoms with Gasteiger partial charge in [-0.2, -0.15) is 0 Å². The number of amides is 2. The SMILES string of the molecule is [2H]C([2H])(C(C)C)N(c1ccc(-c2ccccc2C(=O)O)cc1NC(=O)Nc1ccc(C)cc1)C([2H])([2H])C(C)C. The fourth-order valence-electron chi connectivity index (χ4n) is 3.53. The fourth-order valence-corrected chi connectivity index (χ4v) is 3.53. The summed E-state index contributed by atoms with van der Waals surface area (Å²) in [5.41, 5.74) is 2.76. The lowest BCUT2D eigenvalue weighted by Gasteiger charge is -2.31. The predicted molar refractivity (Wildman–Crippen MR) is 145 cm³/mol. The van der Waals surface area contributed by atoms with Crippen LogP contribution in [0.5, 0.6) is 0 Å². The Morgan fingerprint density at radius 1 is 0.914 bits per heavy atom. The third-order valence-corrected chi connectivity index (χ3v) is 5.04. The van der Waals surface area contributed by atoms with Gasteiger partial charge in [0.15, 0.2) is 0 Å². The van der Waals surface area contributed by atoms with Crippen LogP contribution in [0.1, 0.15) is 49.1 Å². The number of aryl methyl sites for hydroxylation is 1. The minimum absolute atomic E-state index is 0.0622. The molecule has 0 aliphatic carbocycles. The van der Waals surface area contributed by atoms with Crippen molar-refractivity contribution < 1.29 is 20.2 Å². The molecule has 184 valence electrons. The highest BCUT2D eigenvalue weighted by molar-refractivity contribution is 6.03. The van der Waals surface area contributed by atoms with E-state index in [-0.39, 0.29) is 16.9 Å². The van der Waals surface area contributed by atoms with Crippen molar-refractivity contribution in [1.29, 1.82) is 0 Å². The van der Waals surface area contributed by atoms with Gasteiger partial charge >= 0.3 is 12.0 Å². The predicted octanol–water partition coefficient (Wildman–Crippen LogP) is 7.12. The Balaban J connectivity index is 2.21. The Morgan fingerprint density at radius 2 is 1.54 bits per heavy atom. The molecular formula is C29H35N3O3. The molecule has 6 heteroatoms. The minimum Gasteiger partial charge on any atom is -0.478 e. The van der Waals surface area contributed by atoms with Crippen LogP contribution in [-0.4, -0.2) is 30.1 Å². The number of anilines is 3. The van der Waals surface area contributed by atoms with E-state index in [9.17, 15) is 14.7 Å². The molecule has 0 saturated heterocycles. The first kappa shape index (κ1) is 20.6. The zero-order valence-corrected chi connectivity index (χ0v) is 20.7. The number of rotatable bonds is 9. The van der Waals surface area contributed by atoms with Gasteiger partial charge in [-0.3, -0.25) is 0 Å². The normalized spacial score (nSPS) is 13.5. The number of nitrogens with one attached hydrogen (secondary N) is 2. The molecule has 0 radical (unpaired) electrons. The van der Waals surface area contributed by atoms with Gasteiger partial charge in [0, 0.05) is 24.2 Å². The second-order valence-electron chi connectivity index (χ2n) is 8.93. The first-order valence-electron chi connectivity index (χ1n) is 13.6. The highest BCUT2D eigenvalue weighted by Gasteiger charge is 2.19. The quantitative estimate of drug-likeness (QED) is 0.306. The monoisotopic (exact) mass is 477 g/mol. The highest BCUT2D eigenvalue weighted by Crippen LogP contribution is 2.34. The van der Waals surface area contributed by atoms with Gasteiger partial charge in [0.25, 0.3) is 0 Å². The topological polar surface area (TPSA) is 81.7 Å². The maximum absolute atomic E-state index is 13.1. The van der Waals surface area contributed by atoms with E-state index in [4.69, 9.17) is 5.48 Å². The van der Waals surface area contributed by atoms with E-state index in [1.165, 1.54) is 12.1 Å². The number of hydrogen-bond acceptors (Lipinski definition) is 3. The second-order valence-corrected chi connectivity index (χ2v) is 8.93. The lowest BCUT2D eigenvalue weighted by Crippen LogP contribution is -2.32. The summed E-state index contributed by atoms with van der Waals surface area (Å²) in [6, 6.07) is 17.7. The number of carboxylic acid groups (broad SMARTS) is 1. The summed E-state index contributed by atoms with van der Waals surface area (Å²) >= 11 is 0. The van der Waals surface area contributed by atoms with Crippen LogP contribution in [0.4, 0.5) is 21.9 Å². The molecule has 0 unspecified atom stereocenters. The maximum atomic E-state index is 13.1. The first-order valence-corrected chi connectivity index (χ1v) is 11.6. The third-order valence-electron chi connectivity index (χ3n) is 5.04. The van der Waals surface area contributed by atoms with Crippen LogP contribution in [0.15, 0.2) is 66.7 Å². The van der Waals surface area contributed by atoms with E-state index in [0.29, 0.717) is 16.8 Å². The molecule has 0 atom stereocenters. The van der Waals surface area contributed by atoms with E-state index in [1.54, 1.807) is 70.2 Å². The molecule has 0 aliphatic heterocycles. The Hall–Kier alpha value is -3.80. The molecule has 0 spiro atoms. The lowest BCUT2D eigenvalue weighted by molar-refractivity contribution is 0.0697. The van der Waals surface area contributed by atoms with Crippen molar-refractivity contribution in [2.24, 2.45) is 11.8 Å². The van der Waals surface area contributed by atoms with Crippen molar-refractivity contribution in [3.05, 3.63) is 77.9 Å². The average Bonchev–Trinajstić information content (AvgIpc) is 2.86. The Kier molecular flexibility index (Phi) is 6.79. The molecule has 0 bridgehead atoms. The molecule has 0 aromatic heterocycles. The van der Waals surface area contributed by atoms with Gasteiger partial charge in [-0.25, -0.2) is 9.59 Å². The number of hydrogen-bond donors (Lipinski definition) is 3. The van der Waals surface area contributed by atoms with Gasteiger partial charge in [0.2, 0.25) is 0 Å². The van der Waals surface area contributed by atoms with Gasteiger partial charge in [-0.15, -0.1) is 0 Å². The molecule has 3 rings (SSSR count). The van der Waals surface area contributed by atoms with Crippen LogP contribution < -0.4 is 15.5 Å². The fraction of sp³-hybridized carbons (Fsp3) is 0.310. The number of nitrogens with zero attached hydrogens (tertiary/aromatic N) is 1. The summed E-state index contributed by atoms with van der Waals surface area (Å²) in [7, 11) is 0. The second kappa shape index (κ2) is 11.6. The summed E-state index contributed by atoms with van der Waals surface area (Å²) in [5.74, 6) is -2.32. The van der Waals surface area contributed by atoms with Crippen molar-refractivity contribution in [2.45, 2.75) is 34.6 Å². The molecular weight excluding hydrogens is 438 g/mol. The maximum Gasteiger partial charge on any atom is 0.336 e. The van der Waals surface area contributed by atoms with E-state index in [0.717, 1.165) is 10.5 Å².